The van der Waals surface area contributed by atoms with Gasteiger partial charge in [0.25, 0.3) is 0 Å². The van der Waals surface area contributed by atoms with Gasteiger partial charge in [-0.25, -0.2) is 9.97 Å². The van der Waals surface area contributed by atoms with Crippen LogP contribution in [-0.4, -0.2) is 19.9 Å². The van der Waals surface area contributed by atoms with Crippen LogP contribution in [0.1, 0.15) is 22.3 Å². The van der Waals surface area contributed by atoms with Crippen molar-refractivity contribution in [3.63, 3.8) is 0 Å². The van der Waals surface area contributed by atoms with Crippen LogP contribution >= 0.6 is 0 Å². The van der Waals surface area contributed by atoms with Gasteiger partial charge in [-0.15, -0.1) is 0 Å². The number of pyridine rings is 4. The zero-order chi connectivity index (χ0) is 42.2. The molecule has 1 aliphatic heterocycles. The minimum absolute atomic E-state index is 0.548. The molecule has 0 saturated heterocycles. The van der Waals surface area contributed by atoms with Crippen LogP contribution in [0.5, 0.6) is 11.5 Å². The minimum Gasteiger partial charge on any atom is -0.457 e. The Kier molecular flexibility index (Phi) is 8.06. The van der Waals surface area contributed by atoms with Crippen molar-refractivity contribution in [1.29, 1.82) is 0 Å². The largest absolute Gasteiger partial charge is 0.457 e. The molecule has 11 aromatic rings. The van der Waals surface area contributed by atoms with Crippen molar-refractivity contribution in [1.82, 2.24) is 19.9 Å². The number of para-hydroxylation sites is 3. The summed E-state index contributed by atoms with van der Waals surface area (Å²) in [5.74, 6) is 1.78. The number of nitrogens with zero attached hydrogens (tertiary/aromatic N) is 4. The van der Waals surface area contributed by atoms with Gasteiger partial charge in [0.15, 0.2) is 0 Å². The highest BCUT2D eigenvalue weighted by Crippen LogP contribution is 2.63. The molecule has 13 rings (SSSR count). The van der Waals surface area contributed by atoms with E-state index in [1.807, 2.05) is 36.4 Å². The van der Waals surface area contributed by atoms with Crippen molar-refractivity contribution in [2.75, 3.05) is 0 Å². The molecule has 4 aromatic heterocycles. The molecule has 0 atom stereocenters. The van der Waals surface area contributed by atoms with Crippen LogP contribution in [-0.2, 0) is 5.41 Å². The fourth-order valence-electron chi connectivity index (χ4n) is 10.3. The third-order valence-electron chi connectivity index (χ3n) is 13.1. The summed E-state index contributed by atoms with van der Waals surface area (Å²) in [5.41, 5.74) is 17.5. The molecule has 1 aliphatic carbocycles. The van der Waals surface area contributed by atoms with Crippen molar-refractivity contribution in [2.45, 2.75) is 5.41 Å². The monoisotopic (exact) mass is 816 g/mol. The molecule has 5 nitrogen and oxygen atoms in total. The summed E-state index contributed by atoms with van der Waals surface area (Å²) < 4.78 is 6.62. The second kappa shape index (κ2) is 14.3. The first-order chi connectivity index (χ1) is 31.7. The molecule has 0 radical (unpaired) electrons. The fourth-order valence-corrected chi connectivity index (χ4v) is 10.3. The molecule has 5 heterocycles. The van der Waals surface area contributed by atoms with Gasteiger partial charge in [0.1, 0.15) is 11.5 Å². The molecule has 0 N–H and O–H groups in total. The van der Waals surface area contributed by atoms with E-state index < -0.39 is 5.41 Å². The molecule has 0 amide bonds. The van der Waals surface area contributed by atoms with E-state index in [4.69, 9.17) is 14.7 Å². The summed E-state index contributed by atoms with van der Waals surface area (Å²) in [7, 11) is 0. The highest BCUT2D eigenvalue weighted by Gasteiger charge is 2.51. The first-order valence-electron chi connectivity index (χ1n) is 21.6. The van der Waals surface area contributed by atoms with Gasteiger partial charge in [-0.3, -0.25) is 9.97 Å². The van der Waals surface area contributed by atoms with Crippen LogP contribution < -0.4 is 4.74 Å². The molecule has 2 aliphatic rings. The van der Waals surface area contributed by atoms with Crippen LogP contribution in [0.3, 0.4) is 0 Å². The highest BCUT2D eigenvalue weighted by molar-refractivity contribution is 6.19. The van der Waals surface area contributed by atoms with Crippen LogP contribution in [0.4, 0.5) is 0 Å². The molecule has 0 fully saturated rings. The molecule has 0 unspecified atom stereocenters. The first-order valence-corrected chi connectivity index (χ1v) is 21.6. The van der Waals surface area contributed by atoms with Gasteiger partial charge >= 0.3 is 0 Å². The number of fused-ring (bicyclic) bond motifs is 13. The summed E-state index contributed by atoms with van der Waals surface area (Å²) in [4.78, 5) is 19.6. The molecule has 0 saturated carbocycles. The van der Waals surface area contributed by atoms with Crippen LogP contribution in [0.15, 0.2) is 219 Å². The summed E-state index contributed by atoms with van der Waals surface area (Å²) >= 11 is 0. The minimum atomic E-state index is -0.548. The Hall–Kier alpha value is -8.54. The Bertz CT molecular complexity index is 3520. The second-order valence-corrected chi connectivity index (χ2v) is 16.5. The topological polar surface area (TPSA) is 60.8 Å². The molecular weight excluding hydrogens is 781 g/mol. The predicted octanol–water partition coefficient (Wildman–Crippen LogP) is 14.4. The number of ether oxygens (including phenoxy) is 1. The lowest BCUT2D eigenvalue weighted by molar-refractivity contribution is 0.436. The van der Waals surface area contributed by atoms with Gasteiger partial charge in [0.2, 0.25) is 0 Å². The van der Waals surface area contributed by atoms with E-state index in [-0.39, 0.29) is 0 Å². The first kappa shape index (κ1) is 36.1. The Morgan fingerprint density at radius 3 is 1.52 bits per heavy atom. The maximum absolute atomic E-state index is 6.62. The average Bonchev–Trinajstić information content (AvgIpc) is 3.67. The summed E-state index contributed by atoms with van der Waals surface area (Å²) in [6.07, 6.45) is 3.60. The fraction of sp³-hybridized carbons (Fsp3) is 0.0169. The molecule has 7 aromatic carbocycles. The predicted molar refractivity (Wildman–Crippen MR) is 257 cm³/mol. The number of hydrogen-bond donors (Lipinski definition) is 0. The van der Waals surface area contributed by atoms with E-state index in [1.165, 1.54) is 27.6 Å². The van der Waals surface area contributed by atoms with Gasteiger partial charge < -0.3 is 4.74 Å². The smallest absolute Gasteiger partial charge is 0.132 e. The van der Waals surface area contributed by atoms with Gasteiger partial charge in [-0.1, -0.05) is 152 Å². The SMILES string of the molecule is c1ccc(-c2cc(-c3ccc(-c4ccc(-c5nc6ccccc6c6c7c(ccc56)C5(c6ccccc6Oc6ccccc65)c5ccccc5-7)cc4)cc3)cc(-c3ccccn3)n2)nc1. The molecular formula is C59H36N4O. The molecule has 1 spiro atoms. The summed E-state index contributed by atoms with van der Waals surface area (Å²) in [5, 5.41) is 3.49. The average molecular weight is 817 g/mol. The van der Waals surface area contributed by atoms with Crippen molar-refractivity contribution in [3.8, 4) is 78.9 Å². The Balaban J connectivity index is 0.925. The van der Waals surface area contributed by atoms with Crippen LogP contribution in [0, 0.1) is 0 Å². The van der Waals surface area contributed by atoms with Crippen molar-refractivity contribution >= 4 is 21.7 Å². The van der Waals surface area contributed by atoms with E-state index in [1.54, 1.807) is 12.4 Å². The molecule has 298 valence electrons. The maximum Gasteiger partial charge on any atom is 0.132 e. The van der Waals surface area contributed by atoms with E-state index >= 15 is 0 Å². The lowest BCUT2D eigenvalue weighted by Crippen LogP contribution is -2.32. The van der Waals surface area contributed by atoms with E-state index in [2.05, 4.69) is 180 Å². The van der Waals surface area contributed by atoms with E-state index in [9.17, 15) is 0 Å². The standard InChI is InChI=1S/C59H36N4O/c1-3-15-45-42(13-1)57-48(59(45)46-16-4-7-21-54(46)64-55-22-8-5-17-47(55)59)32-31-44-56(57)43-14-2-6-18-49(43)63-58(44)40-29-27-38(28-30-40)37-23-25-39(26-24-37)41-35-52(50-19-9-11-33-60-50)62-53(36-41)51-20-10-12-34-61-51/h1-36H. The van der Waals surface area contributed by atoms with Crippen molar-refractivity contribution < 1.29 is 4.74 Å². The number of rotatable bonds is 5. The van der Waals surface area contributed by atoms with Gasteiger partial charge in [0.05, 0.1) is 39.4 Å². The summed E-state index contributed by atoms with van der Waals surface area (Å²) in [6.45, 7) is 0. The van der Waals surface area contributed by atoms with Gasteiger partial charge in [-0.05, 0) is 99.1 Å². The lowest BCUT2D eigenvalue weighted by atomic mass is 9.66. The van der Waals surface area contributed by atoms with Crippen LogP contribution in [0.25, 0.3) is 89.1 Å². The second-order valence-electron chi connectivity index (χ2n) is 16.5. The third kappa shape index (κ3) is 5.44. The molecule has 64 heavy (non-hydrogen) atoms. The summed E-state index contributed by atoms with van der Waals surface area (Å²) in [6, 6.07) is 72.9. The number of hydrogen-bond acceptors (Lipinski definition) is 5. The maximum atomic E-state index is 6.62. The van der Waals surface area contributed by atoms with E-state index in [0.717, 1.165) is 95.2 Å². The zero-order valence-corrected chi connectivity index (χ0v) is 34.5. The third-order valence-corrected chi connectivity index (χ3v) is 13.1. The Labute approximate surface area is 370 Å². The quantitative estimate of drug-likeness (QED) is 0.162. The van der Waals surface area contributed by atoms with Crippen LogP contribution in [0.2, 0.25) is 0 Å². The molecule has 5 heteroatoms. The van der Waals surface area contributed by atoms with Crippen molar-refractivity contribution in [2.24, 2.45) is 0 Å². The number of aromatic nitrogens is 4. The zero-order valence-electron chi connectivity index (χ0n) is 34.5. The van der Waals surface area contributed by atoms with Gasteiger partial charge in [0, 0.05) is 45.2 Å². The normalized spacial score (nSPS) is 12.9. The van der Waals surface area contributed by atoms with Crippen molar-refractivity contribution in [3.05, 3.63) is 241 Å². The van der Waals surface area contributed by atoms with E-state index in [0.29, 0.717) is 0 Å². The van der Waals surface area contributed by atoms with Gasteiger partial charge in [-0.2, -0.15) is 0 Å². The Morgan fingerprint density at radius 1 is 0.359 bits per heavy atom. The Morgan fingerprint density at radius 2 is 0.891 bits per heavy atom. The highest BCUT2D eigenvalue weighted by atomic mass is 16.5. The molecule has 0 bridgehead atoms. The number of benzene rings is 7. The lowest BCUT2D eigenvalue weighted by Gasteiger charge is -2.39.